The third-order valence-corrected chi connectivity index (χ3v) is 9.08. The molecular weight excluding hydrogens is 412 g/mol. The zero-order chi connectivity index (χ0) is 21.9. The number of rotatable bonds is 4. The number of carbonyl (C=O) groups excluding carboxylic acids is 1. The Morgan fingerprint density at radius 2 is 1.94 bits per heavy atom. The van der Waals surface area contributed by atoms with Gasteiger partial charge in [0.25, 0.3) is 0 Å². The Labute approximate surface area is 183 Å². The van der Waals surface area contributed by atoms with E-state index in [1.54, 1.807) is 23.4 Å². The van der Waals surface area contributed by atoms with Crippen LogP contribution in [0, 0.1) is 18.3 Å². The molecule has 6 nitrogen and oxygen atoms in total. The van der Waals surface area contributed by atoms with E-state index in [0.717, 1.165) is 16.8 Å². The molecule has 0 N–H and O–H groups in total. The summed E-state index contributed by atoms with van der Waals surface area (Å²) in [7, 11) is -3.66. The van der Waals surface area contributed by atoms with Crippen molar-refractivity contribution in [2.45, 2.75) is 37.0 Å². The average molecular weight is 439 g/mol. The molecular formula is C24H26N2O4S. The van der Waals surface area contributed by atoms with E-state index in [4.69, 9.17) is 4.74 Å². The van der Waals surface area contributed by atoms with Gasteiger partial charge >= 0.3 is 5.97 Å². The molecule has 5 rings (SSSR count). The summed E-state index contributed by atoms with van der Waals surface area (Å²) < 4.78 is 33.8. The monoisotopic (exact) mass is 438 g/mol. The molecule has 2 spiro atoms. The van der Waals surface area contributed by atoms with Crippen molar-refractivity contribution in [3.05, 3.63) is 59.7 Å². The van der Waals surface area contributed by atoms with Crippen LogP contribution in [0.4, 0.5) is 5.69 Å². The molecule has 0 radical (unpaired) electrons. The number of hydrogen-bond acceptors (Lipinski definition) is 5. The molecule has 2 heterocycles. The molecule has 7 heteroatoms. The van der Waals surface area contributed by atoms with E-state index < -0.39 is 20.9 Å². The molecule has 1 saturated carbocycles. The van der Waals surface area contributed by atoms with Gasteiger partial charge in [-0.15, -0.1) is 0 Å². The van der Waals surface area contributed by atoms with Crippen LogP contribution in [0.3, 0.4) is 0 Å². The van der Waals surface area contributed by atoms with E-state index >= 15 is 0 Å². The summed E-state index contributed by atoms with van der Waals surface area (Å²) in [6.07, 6.45) is 3.16. The van der Waals surface area contributed by atoms with Crippen molar-refractivity contribution in [3.8, 4) is 0 Å². The third kappa shape index (κ3) is 2.90. The van der Waals surface area contributed by atoms with Crippen LogP contribution < -0.4 is 0 Å². The number of carbonyl (C=O) groups is 1. The normalized spacial score (nSPS) is 29.3. The van der Waals surface area contributed by atoms with Crippen molar-refractivity contribution >= 4 is 27.9 Å². The van der Waals surface area contributed by atoms with Gasteiger partial charge in [0.1, 0.15) is 0 Å². The van der Waals surface area contributed by atoms with Crippen LogP contribution in [-0.4, -0.2) is 44.6 Å². The number of aryl methyl sites for hydroxylation is 1. The molecule has 0 amide bonds. The van der Waals surface area contributed by atoms with E-state index in [2.05, 4.69) is 11.1 Å². The van der Waals surface area contributed by atoms with Gasteiger partial charge in [0, 0.05) is 30.1 Å². The quantitative estimate of drug-likeness (QED) is 0.684. The molecule has 31 heavy (non-hydrogen) atoms. The predicted octanol–water partition coefficient (Wildman–Crippen LogP) is 3.61. The molecule has 3 atom stereocenters. The maximum Gasteiger partial charge on any atom is 0.309 e. The first kappa shape index (κ1) is 20.4. The number of hydrogen-bond donors (Lipinski definition) is 0. The lowest BCUT2D eigenvalue weighted by molar-refractivity contribution is -0.146. The first-order valence-electron chi connectivity index (χ1n) is 10.7. The number of esters is 1. The van der Waals surface area contributed by atoms with E-state index in [9.17, 15) is 13.2 Å². The fraction of sp³-hybridized carbons (Fsp3) is 0.417. The van der Waals surface area contributed by atoms with Gasteiger partial charge in [0.15, 0.2) is 0 Å². The fourth-order valence-corrected chi connectivity index (χ4v) is 6.99. The molecule has 2 aromatic rings. The number of fused-ring (bicyclic) bond motifs is 3. The highest BCUT2D eigenvalue weighted by Gasteiger charge is 2.73. The van der Waals surface area contributed by atoms with E-state index in [1.165, 1.54) is 0 Å². The molecule has 0 bridgehead atoms. The number of piperidine rings is 1. The Bertz CT molecular complexity index is 1170. The minimum Gasteiger partial charge on any atom is -0.466 e. The van der Waals surface area contributed by atoms with Crippen LogP contribution in [-0.2, 0) is 25.0 Å². The Hall–Kier alpha value is -2.51. The molecule has 162 valence electrons. The van der Waals surface area contributed by atoms with Crippen molar-refractivity contribution in [2.75, 3.05) is 19.7 Å². The van der Waals surface area contributed by atoms with Gasteiger partial charge in [-0.3, -0.25) is 9.79 Å². The highest BCUT2D eigenvalue weighted by molar-refractivity contribution is 7.89. The molecule has 2 fully saturated rings. The molecule has 1 saturated heterocycles. The minimum absolute atomic E-state index is 0.241. The van der Waals surface area contributed by atoms with Crippen LogP contribution >= 0.6 is 0 Å². The third-order valence-electron chi connectivity index (χ3n) is 7.22. The lowest BCUT2D eigenvalue weighted by Crippen LogP contribution is -2.54. The molecule has 2 aromatic carbocycles. The molecule has 2 aliphatic heterocycles. The number of nitrogens with zero attached hydrogens (tertiary/aromatic N) is 2. The summed E-state index contributed by atoms with van der Waals surface area (Å²) in [5, 5.41) is 0. The van der Waals surface area contributed by atoms with Crippen molar-refractivity contribution in [2.24, 2.45) is 16.3 Å². The number of ether oxygens (including phenoxy) is 1. The first-order valence-corrected chi connectivity index (χ1v) is 12.2. The van der Waals surface area contributed by atoms with Crippen molar-refractivity contribution < 1.29 is 17.9 Å². The predicted molar refractivity (Wildman–Crippen MR) is 118 cm³/mol. The summed E-state index contributed by atoms with van der Waals surface area (Å²) >= 11 is 0. The maximum atomic E-state index is 13.4. The average Bonchev–Trinajstić information content (AvgIpc) is 3.37. The van der Waals surface area contributed by atoms with Crippen LogP contribution in [0.1, 0.15) is 30.9 Å². The van der Waals surface area contributed by atoms with Crippen LogP contribution in [0.15, 0.2) is 58.4 Å². The second kappa shape index (κ2) is 7.00. The van der Waals surface area contributed by atoms with Gasteiger partial charge in [-0.2, -0.15) is 4.31 Å². The van der Waals surface area contributed by atoms with Gasteiger partial charge in [-0.1, -0.05) is 35.9 Å². The largest absolute Gasteiger partial charge is 0.466 e. The lowest BCUT2D eigenvalue weighted by atomic mass is 9.64. The van der Waals surface area contributed by atoms with Crippen LogP contribution in [0.5, 0.6) is 0 Å². The Morgan fingerprint density at radius 3 is 2.68 bits per heavy atom. The molecule has 0 unspecified atom stereocenters. The summed E-state index contributed by atoms with van der Waals surface area (Å²) in [5.74, 6) is -0.574. The molecule has 0 aromatic heterocycles. The Morgan fingerprint density at radius 1 is 1.19 bits per heavy atom. The summed E-state index contributed by atoms with van der Waals surface area (Å²) in [5.41, 5.74) is 2.03. The van der Waals surface area contributed by atoms with Gasteiger partial charge in [0.05, 0.1) is 23.1 Å². The fourth-order valence-electron chi connectivity index (χ4n) is 5.48. The maximum absolute atomic E-state index is 13.4. The summed E-state index contributed by atoms with van der Waals surface area (Å²) in [4.78, 5) is 17.7. The number of aliphatic imine (C=N–C) groups is 1. The topological polar surface area (TPSA) is 76.0 Å². The zero-order valence-electron chi connectivity index (χ0n) is 17.7. The smallest absolute Gasteiger partial charge is 0.309 e. The van der Waals surface area contributed by atoms with Crippen LogP contribution in [0.2, 0.25) is 0 Å². The highest BCUT2D eigenvalue weighted by Crippen LogP contribution is 2.69. The Balaban J connectivity index is 1.55. The van der Waals surface area contributed by atoms with Gasteiger partial charge in [-0.05, 0) is 50.5 Å². The van der Waals surface area contributed by atoms with Crippen molar-refractivity contribution in [1.82, 2.24) is 4.31 Å². The zero-order valence-corrected chi connectivity index (χ0v) is 18.6. The Kier molecular flexibility index (Phi) is 4.61. The van der Waals surface area contributed by atoms with Crippen LogP contribution in [0.25, 0.3) is 0 Å². The molecule has 1 aliphatic carbocycles. The van der Waals surface area contributed by atoms with Gasteiger partial charge in [-0.25, -0.2) is 8.42 Å². The molecule has 3 aliphatic rings. The highest BCUT2D eigenvalue weighted by atomic mass is 32.2. The first-order chi connectivity index (χ1) is 14.8. The van der Waals surface area contributed by atoms with Gasteiger partial charge < -0.3 is 4.74 Å². The number of benzene rings is 2. The lowest BCUT2D eigenvalue weighted by Gasteiger charge is -2.45. The minimum atomic E-state index is -3.66. The SMILES string of the molecule is CCOC(=O)[C@H]1C[C@@]12CN(S(=O)(=O)c1ccc(C)cc1)CC[C@]21C=Nc2ccccc21. The van der Waals surface area contributed by atoms with Crippen molar-refractivity contribution in [1.29, 1.82) is 0 Å². The second-order valence-electron chi connectivity index (χ2n) is 8.81. The summed E-state index contributed by atoms with van der Waals surface area (Å²) in [6.45, 7) is 4.71. The van der Waals surface area contributed by atoms with Gasteiger partial charge in [0.2, 0.25) is 10.0 Å². The van der Waals surface area contributed by atoms with E-state index in [0.29, 0.717) is 26.0 Å². The number of sulfonamides is 1. The van der Waals surface area contributed by atoms with E-state index in [-0.39, 0.29) is 23.3 Å². The van der Waals surface area contributed by atoms with E-state index in [1.807, 2.05) is 43.5 Å². The number of para-hydroxylation sites is 1. The second-order valence-corrected chi connectivity index (χ2v) is 10.8. The standard InChI is InChI=1S/C24H26N2O4S/c1-3-30-22(27)20-14-24(20)16-26(31(28,29)18-10-8-17(2)9-11-18)13-12-23(24)15-25-21-7-5-4-6-19(21)23/h4-11,15,20H,3,12-14,16H2,1-2H3/t20-,23-,24-/m1/s1. The van der Waals surface area contributed by atoms with Crippen molar-refractivity contribution in [3.63, 3.8) is 0 Å². The summed E-state index contributed by atoms with van der Waals surface area (Å²) in [6, 6.07) is 14.9.